The highest BCUT2D eigenvalue weighted by atomic mass is 19.1. The summed E-state index contributed by atoms with van der Waals surface area (Å²) in [7, 11) is 0. The van der Waals surface area contributed by atoms with Gasteiger partial charge in [0.25, 0.3) is 5.91 Å². The predicted molar refractivity (Wildman–Crippen MR) is 117 cm³/mol. The number of nitrogens with zero attached hydrogens (tertiary/aromatic N) is 3. The molecule has 2 fully saturated rings. The molecule has 33 heavy (non-hydrogen) atoms. The second-order valence-corrected chi connectivity index (χ2v) is 8.27. The third kappa shape index (κ3) is 4.73. The normalized spacial score (nSPS) is 19.5. The second-order valence-electron chi connectivity index (χ2n) is 8.27. The van der Waals surface area contributed by atoms with Crippen LogP contribution in [0, 0.1) is 5.82 Å². The van der Waals surface area contributed by atoms with Gasteiger partial charge in [0.15, 0.2) is 0 Å². The lowest BCUT2D eigenvalue weighted by molar-refractivity contribution is -0.143. The molecule has 3 heterocycles. The zero-order chi connectivity index (χ0) is 23.4. The van der Waals surface area contributed by atoms with Gasteiger partial charge < -0.3 is 15.0 Å². The Hall–Kier alpha value is -3.33. The molecule has 0 bridgehead atoms. The molecule has 1 aromatic carbocycles. The van der Waals surface area contributed by atoms with E-state index < -0.39 is 23.5 Å². The molecule has 8 nitrogen and oxygen atoms in total. The van der Waals surface area contributed by atoms with Gasteiger partial charge >= 0.3 is 0 Å². The summed E-state index contributed by atoms with van der Waals surface area (Å²) in [5, 5.41) is 2.87. The molecule has 1 spiro atoms. The highest BCUT2D eigenvalue weighted by Crippen LogP contribution is 2.38. The Morgan fingerprint density at radius 3 is 2.55 bits per heavy atom. The van der Waals surface area contributed by atoms with Crippen molar-refractivity contribution in [2.45, 2.75) is 44.5 Å². The van der Waals surface area contributed by atoms with Gasteiger partial charge in [0, 0.05) is 56.9 Å². The van der Waals surface area contributed by atoms with E-state index in [1.807, 2.05) is 13.0 Å². The minimum Gasteiger partial charge on any atom is -0.353 e. The van der Waals surface area contributed by atoms with Gasteiger partial charge in [0.2, 0.25) is 11.8 Å². The van der Waals surface area contributed by atoms with Gasteiger partial charge in [-0.05, 0) is 35.9 Å². The summed E-state index contributed by atoms with van der Waals surface area (Å²) >= 11 is 0. The summed E-state index contributed by atoms with van der Waals surface area (Å²) in [4.78, 5) is 46.1. The van der Waals surface area contributed by atoms with E-state index in [4.69, 9.17) is 4.74 Å². The van der Waals surface area contributed by atoms with Crippen molar-refractivity contribution >= 4 is 17.7 Å². The number of carbonyl (C=O) groups is 3. The third-order valence-corrected chi connectivity index (χ3v) is 6.26. The van der Waals surface area contributed by atoms with E-state index >= 15 is 0 Å². The monoisotopic (exact) mass is 454 g/mol. The maximum absolute atomic E-state index is 13.5. The van der Waals surface area contributed by atoms with E-state index in [1.54, 1.807) is 23.4 Å². The largest absolute Gasteiger partial charge is 0.353 e. The molecule has 2 aliphatic rings. The molecule has 2 aliphatic heterocycles. The Morgan fingerprint density at radius 2 is 1.91 bits per heavy atom. The van der Waals surface area contributed by atoms with Crippen molar-refractivity contribution in [3.05, 3.63) is 65.7 Å². The molecule has 1 unspecified atom stereocenters. The Morgan fingerprint density at radius 1 is 1.18 bits per heavy atom. The van der Waals surface area contributed by atoms with Crippen LogP contribution in [0.15, 0.2) is 48.8 Å². The van der Waals surface area contributed by atoms with E-state index in [9.17, 15) is 18.8 Å². The Kier molecular flexibility index (Phi) is 6.69. The number of halogens is 1. The molecule has 9 heteroatoms. The lowest BCUT2D eigenvalue weighted by Crippen LogP contribution is -2.59. The van der Waals surface area contributed by atoms with Gasteiger partial charge in [0.1, 0.15) is 17.6 Å². The smallest absolute Gasteiger partial charge is 0.256 e. The lowest BCUT2D eigenvalue weighted by Gasteiger charge is -2.44. The molecule has 2 saturated heterocycles. The summed E-state index contributed by atoms with van der Waals surface area (Å²) in [5.41, 5.74) is 0.118. The topological polar surface area (TPSA) is 91.8 Å². The van der Waals surface area contributed by atoms with E-state index in [-0.39, 0.29) is 30.5 Å². The molecule has 0 saturated carbocycles. The number of hydrogen-bond donors (Lipinski definition) is 1. The second kappa shape index (κ2) is 9.66. The number of carbonyl (C=O) groups excluding carboxylic acids is 3. The van der Waals surface area contributed by atoms with E-state index in [2.05, 4.69) is 10.3 Å². The van der Waals surface area contributed by atoms with Crippen LogP contribution >= 0.6 is 0 Å². The lowest BCUT2D eigenvalue weighted by atomic mass is 9.96. The number of nitrogens with one attached hydrogen (secondary N) is 1. The molecule has 0 radical (unpaired) electrons. The fourth-order valence-electron chi connectivity index (χ4n) is 4.44. The van der Waals surface area contributed by atoms with E-state index in [0.717, 1.165) is 5.56 Å². The predicted octanol–water partition coefficient (Wildman–Crippen LogP) is 2.11. The molecule has 3 amide bonds. The molecule has 174 valence electrons. The van der Waals surface area contributed by atoms with Crippen molar-refractivity contribution in [1.29, 1.82) is 0 Å². The first-order chi connectivity index (χ1) is 15.9. The maximum Gasteiger partial charge on any atom is 0.256 e. The van der Waals surface area contributed by atoms with Crippen LogP contribution in [0.4, 0.5) is 4.39 Å². The van der Waals surface area contributed by atoms with Crippen molar-refractivity contribution in [3.63, 3.8) is 0 Å². The van der Waals surface area contributed by atoms with Gasteiger partial charge in [-0.1, -0.05) is 13.0 Å². The van der Waals surface area contributed by atoms with Crippen molar-refractivity contribution in [3.8, 4) is 0 Å². The number of benzene rings is 1. The summed E-state index contributed by atoms with van der Waals surface area (Å²) in [6, 6.07) is 8.04. The first-order valence-electron chi connectivity index (χ1n) is 11.1. The minimum absolute atomic E-state index is 0.0463. The van der Waals surface area contributed by atoms with Gasteiger partial charge in [-0.2, -0.15) is 0 Å². The summed E-state index contributed by atoms with van der Waals surface area (Å²) in [5.74, 6) is -1.14. The number of rotatable bonds is 5. The average Bonchev–Trinajstić information content (AvgIpc) is 3.21. The van der Waals surface area contributed by atoms with Crippen molar-refractivity contribution < 1.29 is 23.5 Å². The van der Waals surface area contributed by atoms with E-state index in [1.165, 1.54) is 29.2 Å². The fourth-order valence-corrected chi connectivity index (χ4v) is 4.44. The minimum atomic E-state index is -0.994. The highest BCUT2D eigenvalue weighted by molar-refractivity contribution is 5.98. The first kappa shape index (κ1) is 22.8. The number of ether oxygens (including phenoxy) is 1. The molecule has 1 N–H and O–H groups in total. The van der Waals surface area contributed by atoms with Gasteiger partial charge in [-0.25, -0.2) is 4.39 Å². The third-order valence-electron chi connectivity index (χ3n) is 6.26. The SMILES string of the molecule is CCC(=O)N1CCC2(CC1)OCC(C(=O)NCc1cccnc1)N2C(=O)c1ccc(F)cc1. The van der Waals surface area contributed by atoms with Gasteiger partial charge in [-0.3, -0.25) is 24.3 Å². The van der Waals surface area contributed by atoms with Crippen LogP contribution in [-0.2, 0) is 20.9 Å². The molecule has 1 aromatic heterocycles. The van der Waals surface area contributed by atoms with Crippen LogP contribution in [0.25, 0.3) is 0 Å². The highest BCUT2D eigenvalue weighted by Gasteiger charge is 2.54. The Bertz CT molecular complexity index is 1010. The van der Waals surface area contributed by atoms with Crippen LogP contribution < -0.4 is 5.32 Å². The summed E-state index contributed by atoms with van der Waals surface area (Å²) in [6.45, 7) is 3.00. The molecular formula is C24H27FN4O4. The average molecular weight is 455 g/mol. The zero-order valence-corrected chi connectivity index (χ0v) is 18.5. The number of amides is 3. The Balaban J connectivity index is 1.57. The standard InChI is InChI=1S/C24H27FN4O4/c1-2-21(30)28-12-9-24(10-13-28)29(23(32)18-5-7-19(25)8-6-18)20(16-33-24)22(31)27-15-17-4-3-11-26-14-17/h3-8,11,14,20H,2,9-10,12-13,15-16H2,1H3,(H,27,31). The Labute approximate surface area is 191 Å². The number of hydrogen-bond acceptors (Lipinski definition) is 5. The van der Waals surface area contributed by atoms with Crippen LogP contribution in [0.5, 0.6) is 0 Å². The molecule has 4 rings (SSSR count). The van der Waals surface area contributed by atoms with E-state index in [0.29, 0.717) is 32.4 Å². The van der Waals surface area contributed by atoms with Crippen LogP contribution in [0.2, 0.25) is 0 Å². The molecule has 2 aromatic rings. The summed E-state index contributed by atoms with van der Waals surface area (Å²) < 4.78 is 19.6. The number of pyridine rings is 1. The molecule has 0 aliphatic carbocycles. The number of aromatic nitrogens is 1. The van der Waals surface area contributed by atoms with Gasteiger partial charge in [-0.15, -0.1) is 0 Å². The summed E-state index contributed by atoms with van der Waals surface area (Å²) in [6.07, 6.45) is 4.52. The number of likely N-dealkylation sites (tertiary alicyclic amines) is 1. The first-order valence-corrected chi connectivity index (χ1v) is 11.1. The zero-order valence-electron chi connectivity index (χ0n) is 18.5. The maximum atomic E-state index is 13.5. The number of piperidine rings is 1. The fraction of sp³-hybridized carbons (Fsp3) is 0.417. The van der Waals surface area contributed by atoms with Crippen molar-refractivity contribution in [1.82, 2.24) is 20.1 Å². The van der Waals surface area contributed by atoms with Crippen LogP contribution in [0.1, 0.15) is 42.1 Å². The van der Waals surface area contributed by atoms with Crippen molar-refractivity contribution in [2.75, 3.05) is 19.7 Å². The molecular weight excluding hydrogens is 427 g/mol. The van der Waals surface area contributed by atoms with Crippen LogP contribution in [0.3, 0.4) is 0 Å². The molecule has 1 atom stereocenters. The van der Waals surface area contributed by atoms with Crippen LogP contribution in [-0.4, -0.2) is 64.0 Å². The van der Waals surface area contributed by atoms with Gasteiger partial charge in [0.05, 0.1) is 6.61 Å². The van der Waals surface area contributed by atoms with Crippen molar-refractivity contribution in [2.24, 2.45) is 0 Å². The quantitative estimate of drug-likeness (QED) is 0.747.